The van der Waals surface area contributed by atoms with E-state index in [4.69, 9.17) is 0 Å². The summed E-state index contributed by atoms with van der Waals surface area (Å²) in [7, 11) is 3.76. The van der Waals surface area contributed by atoms with Crippen molar-refractivity contribution in [2.24, 2.45) is 0 Å². The van der Waals surface area contributed by atoms with Crippen LogP contribution in [0.25, 0.3) is 11.4 Å². The van der Waals surface area contributed by atoms with Gasteiger partial charge in [0.1, 0.15) is 5.82 Å². The number of nitrogens with zero attached hydrogens (tertiary/aromatic N) is 4. The quantitative estimate of drug-likeness (QED) is 0.919. The number of likely N-dealkylation sites (N-methyl/N-ethyl adjacent to an activating group) is 1. The Morgan fingerprint density at radius 1 is 1.23 bits per heavy atom. The molecule has 2 aromatic rings. The molecule has 22 heavy (non-hydrogen) atoms. The fourth-order valence-electron chi connectivity index (χ4n) is 1.71. The highest BCUT2D eigenvalue weighted by atomic mass is 19.4. The molecule has 0 aromatic carbocycles. The third-order valence-electron chi connectivity index (χ3n) is 2.80. The third kappa shape index (κ3) is 4.39. The zero-order valence-electron chi connectivity index (χ0n) is 12.2. The Bertz CT molecular complexity index is 614. The van der Waals surface area contributed by atoms with E-state index in [-0.39, 0.29) is 11.6 Å². The number of hydrogen-bond acceptors (Lipinski definition) is 5. The fraction of sp³-hybridized carbons (Fsp3) is 0.357. The first-order chi connectivity index (χ1) is 10.4. The molecular weight excluding hydrogens is 295 g/mol. The number of rotatable bonds is 5. The average Bonchev–Trinajstić information content (AvgIpc) is 2.46. The van der Waals surface area contributed by atoms with Crippen molar-refractivity contribution < 1.29 is 13.2 Å². The van der Waals surface area contributed by atoms with Crippen LogP contribution < -0.4 is 5.32 Å². The highest BCUT2D eigenvalue weighted by Gasteiger charge is 2.33. The molecule has 118 valence electrons. The Morgan fingerprint density at radius 3 is 2.59 bits per heavy atom. The molecule has 0 radical (unpaired) electrons. The predicted octanol–water partition coefficient (Wildman–Crippen LogP) is 2.53. The second-order valence-corrected chi connectivity index (χ2v) is 4.93. The van der Waals surface area contributed by atoms with Crippen LogP contribution in [0.1, 0.15) is 5.69 Å². The maximum Gasteiger partial charge on any atom is 0.433 e. The first-order valence-electron chi connectivity index (χ1n) is 6.61. The summed E-state index contributed by atoms with van der Waals surface area (Å²) < 4.78 is 38.9. The normalized spacial score (nSPS) is 11.7. The van der Waals surface area contributed by atoms with Crippen molar-refractivity contribution in [3.63, 3.8) is 0 Å². The van der Waals surface area contributed by atoms with Crippen molar-refractivity contribution >= 4 is 5.82 Å². The van der Waals surface area contributed by atoms with Crippen molar-refractivity contribution in [3.8, 4) is 11.4 Å². The van der Waals surface area contributed by atoms with E-state index >= 15 is 0 Å². The van der Waals surface area contributed by atoms with Gasteiger partial charge in [-0.05, 0) is 26.2 Å². The van der Waals surface area contributed by atoms with Crippen LogP contribution in [0.2, 0.25) is 0 Å². The number of alkyl halides is 3. The van der Waals surface area contributed by atoms with E-state index < -0.39 is 11.9 Å². The van der Waals surface area contributed by atoms with E-state index in [1.165, 1.54) is 12.4 Å². The summed E-state index contributed by atoms with van der Waals surface area (Å²) in [6.07, 6.45) is -1.57. The van der Waals surface area contributed by atoms with Gasteiger partial charge in [-0.3, -0.25) is 4.98 Å². The van der Waals surface area contributed by atoms with Gasteiger partial charge in [0, 0.05) is 37.1 Å². The lowest BCUT2D eigenvalue weighted by molar-refractivity contribution is -0.141. The number of aromatic nitrogens is 3. The molecule has 1 N–H and O–H groups in total. The molecule has 8 heteroatoms. The molecule has 0 atom stereocenters. The molecule has 0 saturated heterocycles. The first-order valence-corrected chi connectivity index (χ1v) is 6.61. The van der Waals surface area contributed by atoms with Gasteiger partial charge in [0.15, 0.2) is 11.5 Å². The molecule has 0 aliphatic rings. The lowest BCUT2D eigenvalue weighted by atomic mass is 10.2. The molecule has 2 rings (SSSR count). The fourth-order valence-corrected chi connectivity index (χ4v) is 1.71. The second-order valence-electron chi connectivity index (χ2n) is 4.93. The topological polar surface area (TPSA) is 53.9 Å². The molecule has 0 aliphatic carbocycles. The molecule has 2 heterocycles. The van der Waals surface area contributed by atoms with Crippen LogP contribution in [0.4, 0.5) is 19.0 Å². The van der Waals surface area contributed by atoms with E-state index in [0.717, 1.165) is 6.07 Å². The Kier molecular flexibility index (Phi) is 4.92. The number of hydrogen-bond donors (Lipinski definition) is 1. The molecule has 5 nitrogen and oxygen atoms in total. The summed E-state index contributed by atoms with van der Waals surface area (Å²) in [4.78, 5) is 13.5. The lowest BCUT2D eigenvalue weighted by Crippen LogP contribution is -2.21. The van der Waals surface area contributed by atoms with Crippen molar-refractivity contribution in [3.05, 3.63) is 36.3 Å². The van der Waals surface area contributed by atoms with Crippen molar-refractivity contribution in [2.45, 2.75) is 6.18 Å². The van der Waals surface area contributed by atoms with E-state index in [2.05, 4.69) is 20.3 Å². The highest BCUT2D eigenvalue weighted by molar-refractivity contribution is 5.56. The van der Waals surface area contributed by atoms with Crippen molar-refractivity contribution in [1.29, 1.82) is 0 Å². The van der Waals surface area contributed by atoms with Crippen LogP contribution in [0.3, 0.4) is 0 Å². The SMILES string of the molecule is CN(C)CCNc1cc(C(F)(F)F)nc(-c2cccnc2)n1. The number of nitrogens with one attached hydrogen (secondary N) is 1. The van der Waals surface area contributed by atoms with Crippen molar-refractivity contribution in [2.75, 3.05) is 32.5 Å². The van der Waals surface area contributed by atoms with Gasteiger partial charge in [-0.25, -0.2) is 9.97 Å². The maximum atomic E-state index is 13.0. The van der Waals surface area contributed by atoms with Gasteiger partial charge < -0.3 is 10.2 Å². The van der Waals surface area contributed by atoms with E-state index in [1.54, 1.807) is 12.1 Å². The summed E-state index contributed by atoms with van der Waals surface area (Å²) in [5.74, 6) is 0.137. The largest absolute Gasteiger partial charge is 0.433 e. The first kappa shape index (κ1) is 16.2. The third-order valence-corrected chi connectivity index (χ3v) is 2.80. The minimum Gasteiger partial charge on any atom is -0.369 e. The second kappa shape index (κ2) is 6.69. The Labute approximate surface area is 126 Å². The summed E-state index contributed by atoms with van der Waals surface area (Å²) in [6, 6.07) is 4.15. The monoisotopic (exact) mass is 311 g/mol. The van der Waals surface area contributed by atoms with Gasteiger partial charge in [0.2, 0.25) is 0 Å². The molecule has 0 amide bonds. The van der Waals surface area contributed by atoms with Gasteiger partial charge in [-0.2, -0.15) is 13.2 Å². The summed E-state index contributed by atoms with van der Waals surface area (Å²) in [5, 5.41) is 2.89. The van der Waals surface area contributed by atoms with Gasteiger partial charge in [-0.1, -0.05) is 0 Å². The number of halogens is 3. The molecule has 0 spiro atoms. The molecule has 0 aliphatic heterocycles. The predicted molar refractivity (Wildman–Crippen MR) is 77.3 cm³/mol. The zero-order chi connectivity index (χ0) is 16.2. The standard InChI is InChI=1S/C14H16F3N5/c1-22(2)7-6-19-12-8-11(14(15,16)17)20-13(21-12)10-4-3-5-18-9-10/h3-5,8-9H,6-7H2,1-2H3,(H,19,20,21). The smallest absolute Gasteiger partial charge is 0.369 e. The van der Waals surface area contributed by atoms with Crippen LogP contribution in [0.15, 0.2) is 30.6 Å². The molecule has 0 unspecified atom stereocenters. The summed E-state index contributed by atoms with van der Waals surface area (Å²) in [5.41, 5.74) is -0.544. The van der Waals surface area contributed by atoms with E-state index in [1.807, 2.05) is 19.0 Å². The Morgan fingerprint density at radius 2 is 2.00 bits per heavy atom. The number of pyridine rings is 1. The highest BCUT2D eigenvalue weighted by Crippen LogP contribution is 2.30. The van der Waals surface area contributed by atoms with Crippen LogP contribution in [-0.4, -0.2) is 47.0 Å². The van der Waals surface area contributed by atoms with Crippen LogP contribution in [0.5, 0.6) is 0 Å². The minimum absolute atomic E-state index is 0.00437. The van der Waals surface area contributed by atoms with Crippen LogP contribution >= 0.6 is 0 Å². The van der Waals surface area contributed by atoms with Gasteiger partial charge >= 0.3 is 6.18 Å². The molecular formula is C14H16F3N5. The zero-order valence-corrected chi connectivity index (χ0v) is 12.2. The van der Waals surface area contributed by atoms with E-state index in [9.17, 15) is 13.2 Å². The van der Waals surface area contributed by atoms with Gasteiger partial charge in [0.25, 0.3) is 0 Å². The summed E-state index contributed by atoms with van der Waals surface area (Å²) in [6.45, 7) is 1.15. The number of anilines is 1. The Hall–Kier alpha value is -2.22. The molecule has 0 bridgehead atoms. The Balaban J connectivity index is 2.33. The van der Waals surface area contributed by atoms with Gasteiger partial charge in [0.05, 0.1) is 0 Å². The van der Waals surface area contributed by atoms with Gasteiger partial charge in [-0.15, -0.1) is 0 Å². The van der Waals surface area contributed by atoms with Crippen molar-refractivity contribution in [1.82, 2.24) is 19.9 Å². The van der Waals surface area contributed by atoms with E-state index in [0.29, 0.717) is 18.7 Å². The summed E-state index contributed by atoms with van der Waals surface area (Å²) >= 11 is 0. The average molecular weight is 311 g/mol. The molecule has 2 aromatic heterocycles. The molecule has 0 saturated carbocycles. The minimum atomic E-state index is -4.53. The maximum absolute atomic E-state index is 13.0. The lowest BCUT2D eigenvalue weighted by Gasteiger charge is -2.13. The van der Waals surface area contributed by atoms with Crippen LogP contribution in [-0.2, 0) is 6.18 Å². The van der Waals surface area contributed by atoms with Crippen LogP contribution in [0, 0.1) is 0 Å². The molecule has 0 fully saturated rings.